The lowest BCUT2D eigenvalue weighted by molar-refractivity contribution is -0.0328. The van der Waals surface area contributed by atoms with Crippen LogP contribution < -0.4 is 10.2 Å². The summed E-state index contributed by atoms with van der Waals surface area (Å²) in [5.41, 5.74) is -5.18. The van der Waals surface area contributed by atoms with Crippen molar-refractivity contribution in [2.45, 2.75) is 10.4 Å². The fraction of sp³-hybridized carbons (Fsp3) is 0.125. The van der Waals surface area contributed by atoms with Crippen LogP contribution in [0.4, 0.5) is 32.4 Å². The topological polar surface area (TPSA) is 49.4 Å². The molecule has 1 N–H and O–H groups in total. The molecular formula is C16H11F5N2O2S. The minimum Gasteiger partial charge on any atom is -0.297 e. The molecule has 10 heteroatoms. The van der Waals surface area contributed by atoms with Crippen molar-refractivity contribution < 1.29 is 31.5 Å². The molecular weight excluding hydrogens is 379 g/mol. The summed E-state index contributed by atoms with van der Waals surface area (Å²) in [6.45, 7) is 0. The quantitative estimate of drug-likeness (QED) is 0.617. The molecule has 0 aromatic heterocycles. The molecule has 2 rings (SSSR count). The first kappa shape index (κ1) is 19.7. The molecule has 0 unspecified atom stereocenters. The summed E-state index contributed by atoms with van der Waals surface area (Å²) < 4.78 is 63.9. The molecule has 0 aliphatic rings. The third-order valence-electron chi connectivity index (χ3n) is 3.17. The van der Waals surface area contributed by atoms with E-state index in [1.54, 1.807) is 0 Å². The first-order valence-corrected chi connectivity index (χ1v) is 7.79. The van der Waals surface area contributed by atoms with Crippen LogP contribution in [0.1, 0.15) is 10.4 Å². The number of halogens is 5. The number of imide groups is 1. The average Bonchev–Trinajstić information content (AvgIpc) is 2.53. The Bertz CT molecular complexity index is 804. The molecule has 0 saturated heterocycles. The largest absolute Gasteiger partial charge is 0.446 e. The Kier molecular flexibility index (Phi) is 5.86. The highest BCUT2D eigenvalue weighted by molar-refractivity contribution is 8.00. The van der Waals surface area contributed by atoms with Gasteiger partial charge in [0.05, 0.1) is 0 Å². The number of rotatable bonds is 3. The van der Waals surface area contributed by atoms with Crippen molar-refractivity contribution in [1.29, 1.82) is 0 Å². The van der Waals surface area contributed by atoms with Gasteiger partial charge in [-0.25, -0.2) is 13.6 Å². The van der Waals surface area contributed by atoms with Crippen molar-refractivity contribution in [2.75, 3.05) is 11.9 Å². The molecule has 0 aliphatic heterocycles. The van der Waals surface area contributed by atoms with E-state index in [-0.39, 0.29) is 22.3 Å². The fourth-order valence-corrected chi connectivity index (χ4v) is 2.49. The van der Waals surface area contributed by atoms with Gasteiger partial charge >= 0.3 is 11.5 Å². The number of alkyl halides is 3. The van der Waals surface area contributed by atoms with Gasteiger partial charge in [-0.2, -0.15) is 13.2 Å². The number of urea groups is 1. The molecule has 4 nitrogen and oxygen atoms in total. The maximum Gasteiger partial charge on any atom is 0.446 e. The van der Waals surface area contributed by atoms with E-state index in [2.05, 4.69) is 0 Å². The van der Waals surface area contributed by atoms with Crippen LogP contribution in [0.15, 0.2) is 47.4 Å². The van der Waals surface area contributed by atoms with Crippen LogP contribution in [-0.2, 0) is 0 Å². The van der Waals surface area contributed by atoms with E-state index in [4.69, 9.17) is 0 Å². The smallest absolute Gasteiger partial charge is 0.297 e. The number of nitrogens with zero attached hydrogens (tertiary/aromatic N) is 1. The first-order chi connectivity index (χ1) is 12.1. The summed E-state index contributed by atoms with van der Waals surface area (Å²) in [4.78, 5) is 24.7. The van der Waals surface area contributed by atoms with Crippen LogP contribution in [0, 0.1) is 11.6 Å². The molecule has 3 amide bonds. The highest BCUT2D eigenvalue weighted by atomic mass is 32.2. The molecule has 0 saturated carbocycles. The van der Waals surface area contributed by atoms with Crippen molar-refractivity contribution in [3.05, 3.63) is 59.7 Å². The Morgan fingerprint density at radius 2 is 1.54 bits per heavy atom. The Morgan fingerprint density at radius 1 is 1.00 bits per heavy atom. The molecule has 0 atom stereocenters. The van der Waals surface area contributed by atoms with Gasteiger partial charge in [0.25, 0.3) is 5.91 Å². The van der Waals surface area contributed by atoms with E-state index in [1.165, 1.54) is 19.2 Å². The van der Waals surface area contributed by atoms with Crippen LogP contribution in [0.5, 0.6) is 0 Å². The third kappa shape index (κ3) is 4.94. The molecule has 0 heterocycles. The van der Waals surface area contributed by atoms with E-state index < -0.39 is 34.6 Å². The summed E-state index contributed by atoms with van der Waals surface area (Å²) >= 11 is -0.316. The number of carbonyl (C=O) groups excluding carboxylic acids is 2. The Hall–Kier alpha value is -2.62. The Balaban J connectivity index is 2.09. The lowest BCUT2D eigenvalue weighted by Crippen LogP contribution is -2.41. The van der Waals surface area contributed by atoms with Gasteiger partial charge in [0.2, 0.25) is 0 Å². The average molecular weight is 390 g/mol. The second-order valence-corrected chi connectivity index (χ2v) is 6.10. The summed E-state index contributed by atoms with van der Waals surface area (Å²) in [6.07, 6.45) is 0. The zero-order valence-corrected chi connectivity index (χ0v) is 13.9. The maximum atomic E-state index is 13.5. The first-order valence-electron chi connectivity index (χ1n) is 6.97. The molecule has 0 radical (unpaired) electrons. The second kappa shape index (κ2) is 7.73. The van der Waals surface area contributed by atoms with Crippen molar-refractivity contribution in [1.82, 2.24) is 5.32 Å². The van der Waals surface area contributed by atoms with Gasteiger partial charge in [0.15, 0.2) is 0 Å². The molecule has 138 valence electrons. The molecule has 0 spiro atoms. The Morgan fingerprint density at radius 3 is 2.04 bits per heavy atom. The van der Waals surface area contributed by atoms with Crippen LogP contribution >= 0.6 is 11.8 Å². The maximum absolute atomic E-state index is 13.5. The molecule has 2 aromatic carbocycles. The van der Waals surface area contributed by atoms with Crippen LogP contribution in [0.3, 0.4) is 0 Å². The summed E-state index contributed by atoms with van der Waals surface area (Å²) in [5.74, 6) is -3.54. The van der Waals surface area contributed by atoms with Gasteiger partial charge in [-0.15, -0.1) is 0 Å². The minimum absolute atomic E-state index is 0.0837. The molecule has 0 aliphatic carbocycles. The van der Waals surface area contributed by atoms with Gasteiger partial charge in [-0.3, -0.25) is 15.0 Å². The predicted octanol–water partition coefficient (Wildman–Crippen LogP) is 4.56. The number of anilines is 1. The molecule has 26 heavy (non-hydrogen) atoms. The van der Waals surface area contributed by atoms with Crippen LogP contribution in [-0.4, -0.2) is 24.5 Å². The highest BCUT2D eigenvalue weighted by Gasteiger charge is 2.29. The predicted molar refractivity (Wildman–Crippen MR) is 86.0 cm³/mol. The van der Waals surface area contributed by atoms with Crippen LogP contribution in [0.2, 0.25) is 0 Å². The SMILES string of the molecule is CN(C(=O)NC(=O)c1c(F)cccc1F)c1ccc(SC(F)(F)F)cc1. The number of thioether (sulfide) groups is 1. The normalized spacial score (nSPS) is 11.2. The van der Waals surface area contributed by atoms with E-state index in [9.17, 15) is 31.5 Å². The van der Waals surface area contributed by atoms with Crippen LogP contribution in [0.25, 0.3) is 0 Å². The summed E-state index contributed by atoms with van der Waals surface area (Å²) in [5, 5.41) is 1.81. The fourth-order valence-electron chi connectivity index (χ4n) is 1.95. The molecule has 0 bridgehead atoms. The minimum atomic E-state index is -4.44. The number of hydrogen-bond acceptors (Lipinski definition) is 3. The number of amides is 3. The summed E-state index contributed by atoms with van der Waals surface area (Å²) in [7, 11) is 1.24. The van der Waals surface area contributed by atoms with Crippen molar-refractivity contribution in [2.24, 2.45) is 0 Å². The lowest BCUT2D eigenvalue weighted by Gasteiger charge is -2.18. The monoisotopic (exact) mass is 390 g/mol. The molecule has 0 fully saturated rings. The zero-order chi connectivity index (χ0) is 19.5. The standard InChI is InChI=1S/C16H11F5N2O2S/c1-23(9-5-7-10(8-6-9)26-16(19,20)21)15(25)22-14(24)13-11(17)3-2-4-12(13)18/h2-8H,1H3,(H,22,24,25). The van der Waals surface area contributed by atoms with Gasteiger partial charge in [-0.05, 0) is 48.2 Å². The second-order valence-electron chi connectivity index (χ2n) is 4.96. The van der Waals surface area contributed by atoms with Gasteiger partial charge < -0.3 is 0 Å². The van der Waals surface area contributed by atoms with Gasteiger partial charge in [-0.1, -0.05) is 6.07 Å². The van der Waals surface area contributed by atoms with Gasteiger partial charge in [0, 0.05) is 17.6 Å². The number of nitrogens with one attached hydrogen (secondary N) is 1. The third-order valence-corrected chi connectivity index (χ3v) is 3.91. The van der Waals surface area contributed by atoms with Gasteiger partial charge in [0.1, 0.15) is 17.2 Å². The van der Waals surface area contributed by atoms with E-state index >= 15 is 0 Å². The van der Waals surface area contributed by atoms with E-state index in [0.29, 0.717) is 0 Å². The highest BCUT2D eigenvalue weighted by Crippen LogP contribution is 2.37. The van der Waals surface area contributed by atoms with Crippen molar-refractivity contribution in [3.63, 3.8) is 0 Å². The number of carbonyl (C=O) groups is 2. The number of hydrogen-bond donors (Lipinski definition) is 1. The number of benzene rings is 2. The lowest BCUT2D eigenvalue weighted by atomic mass is 10.2. The zero-order valence-electron chi connectivity index (χ0n) is 13.1. The van der Waals surface area contributed by atoms with E-state index in [0.717, 1.165) is 35.2 Å². The van der Waals surface area contributed by atoms with E-state index in [1.807, 2.05) is 5.32 Å². The van der Waals surface area contributed by atoms with Crippen molar-refractivity contribution >= 4 is 29.4 Å². The Labute approximate surface area is 149 Å². The summed E-state index contributed by atoms with van der Waals surface area (Å²) in [6, 6.07) is 6.56. The van der Waals surface area contributed by atoms with Crippen molar-refractivity contribution in [3.8, 4) is 0 Å². The molecule has 2 aromatic rings.